The molecule has 2 saturated carbocycles. The van der Waals surface area contributed by atoms with Crippen molar-refractivity contribution in [2.75, 3.05) is 13.1 Å². The summed E-state index contributed by atoms with van der Waals surface area (Å²) in [5.41, 5.74) is 0. The molecule has 0 bridgehead atoms. The Bertz CT molecular complexity index is 245. The van der Waals surface area contributed by atoms with Crippen LogP contribution in [0.4, 0.5) is 0 Å². The van der Waals surface area contributed by atoms with Crippen molar-refractivity contribution in [1.82, 2.24) is 10.2 Å². The molecule has 16 heavy (non-hydrogen) atoms. The Morgan fingerprint density at radius 3 is 2.62 bits per heavy atom. The monoisotopic (exact) mass is 222 g/mol. The van der Waals surface area contributed by atoms with Crippen molar-refractivity contribution in [2.45, 2.75) is 64.1 Å². The van der Waals surface area contributed by atoms with Gasteiger partial charge in [0.05, 0.1) is 0 Å². The van der Waals surface area contributed by atoms with Crippen molar-refractivity contribution >= 4 is 0 Å². The average Bonchev–Trinajstić information content (AvgIpc) is 3.12. The van der Waals surface area contributed by atoms with Crippen LogP contribution in [0, 0.1) is 11.8 Å². The predicted molar refractivity (Wildman–Crippen MR) is 67.5 cm³/mol. The summed E-state index contributed by atoms with van der Waals surface area (Å²) in [5, 5.41) is 3.74. The highest BCUT2D eigenvalue weighted by molar-refractivity contribution is 4.95. The van der Waals surface area contributed by atoms with Crippen molar-refractivity contribution < 1.29 is 0 Å². The zero-order valence-corrected chi connectivity index (χ0v) is 10.8. The van der Waals surface area contributed by atoms with E-state index in [0.717, 1.165) is 30.0 Å². The van der Waals surface area contributed by atoms with Gasteiger partial charge in [0.25, 0.3) is 0 Å². The zero-order valence-electron chi connectivity index (χ0n) is 10.8. The highest BCUT2D eigenvalue weighted by Crippen LogP contribution is 2.37. The second-order valence-corrected chi connectivity index (χ2v) is 6.43. The molecule has 2 heteroatoms. The molecule has 2 aliphatic carbocycles. The third-order valence-electron chi connectivity index (χ3n) is 4.78. The topological polar surface area (TPSA) is 15.3 Å². The first-order valence-corrected chi connectivity index (χ1v) is 7.23. The molecule has 3 aliphatic rings. The van der Waals surface area contributed by atoms with E-state index in [0.29, 0.717) is 0 Å². The summed E-state index contributed by atoms with van der Waals surface area (Å²) in [6.45, 7) is 7.35. The minimum absolute atomic E-state index is 0.740. The van der Waals surface area contributed by atoms with Gasteiger partial charge < -0.3 is 5.32 Å². The van der Waals surface area contributed by atoms with E-state index < -0.39 is 0 Å². The molecular formula is C14H26N2. The molecule has 0 spiro atoms. The van der Waals surface area contributed by atoms with Crippen LogP contribution < -0.4 is 5.32 Å². The summed E-state index contributed by atoms with van der Waals surface area (Å²) < 4.78 is 0. The Kier molecular flexibility index (Phi) is 2.97. The van der Waals surface area contributed by atoms with Crippen LogP contribution in [0.25, 0.3) is 0 Å². The molecule has 3 fully saturated rings. The maximum Gasteiger partial charge on any atom is 0.0224 e. The van der Waals surface area contributed by atoms with Crippen LogP contribution in [0.3, 0.4) is 0 Å². The molecule has 0 aromatic heterocycles. The molecular weight excluding hydrogens is 196 g/mol. The molecule has 3 rings (SSSR count). The van der Waals surface area contributed by atoms with Crippen molar-refractivity contribution in [3.63, 3.8) is 0 Å². The Morgan fingerprint density at radius 1 is 1.25 bits per heavy atom. The molecule has 2 nitrogen and oxygen atoms in total. The maximum absolute atomic E-state index is 3.74. The third kappa shape index (κ3) is 2.43. The minimum atomic E-state index is 0.740. The Morgan fingerprint density at radius 2 is 2.00 bits per heavy atom. The second-order valence-electron chi connectivity index (χ2n) is 6.43. The predicted octanol–water partition coefficient (Wildman–Crippen LogP) is 2.25. The van der Waals surface area contributed by atoms with E-state index in [2.05, 4.69) is 24.1 Å². The van der Waals surface area contributed by atoms with Crippen molar-refractivity contribution in [2.24, 2.45) is 11.8 Å². The first kappa shape index (κ1) is 11.0. The van der Waals surface area contributed by atoms with Crippen molar-refractivity contribution in [3.05, 3.63) is 0 Å². The summed E-state index contributed by atoms with van der Waals surface area (Å²) in [4.78, 5) is 2.78. The standard InChI is InChI=1S/C14H26N2/c1-10(7-12-3-4-12)16-9-14(13-5-6-13)15-8-11(16)2/h10-15H,3-9H2,1-2H3. The van der Waals surface area contributed by atoms with Gasteiger partial charge in [-0.15, -0.1) is 0 Å². The highest BCUT2D eigenvalue weighted by Gasteiger charge is 2.38. The van der Waals surface area contributed by atoms with Crippen LogP contribution in [0.5, 0.6) is 0 Å². The zero-order chi connectivity index (χ0) is 11.1. The third-order valence-corrected chi connectivity index (χ3v) is 4.78. The van der Waals surface area contributed by atoms with Crippen LogP contribution in [0.1, 0.15) is 46.0 Å². The Balaban J connectivity index is 1.56. The molecule has 0 amide bonds. The van der Waals surface area contributed by atoms with Crippen LogP contribution in [-0.2, 0) is 0 Å². The van der Waals surface area contributed by atoms with Gasteiger partial charge in [0.15, 0.2) is 0 Å². The number of nitrogens with one attached hydrogen (secondary N) is 1. The minimum Gasteiger partial charge on any atom is -0.311 e. The largest absolute Gasteiger partial charge is 0.311 e. The summed E-state index contributed by atoms with van der Waals surface area (Å²) in [5.74, 6) is 2.07. The molecule has 1 aliphatic heterocycles. The summed E-state index contributed by atoms with van der Waals surface area (Å²) in [6, 6.07) is 2.35. The number of hydrogen-bond donors (Lipinski definition) is 1. The van der Waals surface area contributed by atoms with Crippen LogP contribution in [-0.4, -0.2) is 36.1 Å². The average molecular weight is 222 g/mol. The van der Waals surface area contributed by atoms with Gasteiger partial charge >= 0.3 is 0 Å². The van der Waals surface area contributed by atoms with E-state index in [9.17, 15) is 0 Å². The number of nitrogens with zero attached hydrogens (tertiary/aromatic N) is 1. The van der Waals surface area contributed by atoms with Crippen LogP contribution in [0.15, 0.2) is 0 Å². The normalized spacial score (nSPS) is 38.6. The summed E-state index contributed by atoms with van der Waals surface area (Å²) in [7, 11) is 0. The van der Waals surface area contributed by atoms with Crippen molar-refractivity contribution in [1.29, 1.82) is 0 Å². The SMILES string of the molecule is CC1CNC(C2CC2)CN1C(C)CC1CC1. The number of hydrogen-bond acceptors (Lipinski definition) is 2. The number of rotatable bonds is 4. The van der Waals surface area contributed by atoms with E-state index in [-0.39, 0.29) is 0 Å². The molecule has 0 aromatic rings. The van der Waals surface area contributed by atoms with Crippen molar-refractivity contribution in [3.8, 4) is 0 Å². The summed E-state index contributed by atoms with van der Waals surface area (Å²) in [6.07, 6.45) is 7.38. The van der Waals surface area contributed by atoms with Gasteiger partial charge in [-0.2, -0.15) is 0 Å². The molecule has 0 aromatic carbocycles. The Hall–Kier alpha value is -0.0800. The lowest BCUT2D eigenvalue weighted by Gasteiger charge is -2.42. The van der Waals surface area contributed by atoms with E-state index >= 15 is 0 Å². The van der Waals surface area contributed by atoms with Gasteiger partial charge in [0.1, 0.15) is 0 Å². The van der Waals surface area contributed by atoms with Gasteiger partial charge in [-0.1, -0.05) is 12.8 Å². The first-order chi connectivity index (χ1) is 7.74. The van der Waals surface area contributed by atoms with Gasteiger partial charge in [0.2, 0.25) is 0 Å². The first-order valence-electron chi connectivity index (χ1n) is 7.23. The quantitative estimate of drug-likeness (QED) is 0.785. The maximum atomic E-state index is 3.74. The van der Waals surface area contributed by atoms with E-state index in [1.54, 1.807) is 0 Å². The molecule has 92 valence electrons. The van der Waals surface area contributed by atoms with Crippen LogP contribution >= 0.6 is 0 Å². The molecule has 1 saturated heterocycles. The molecule has 1 heterocycles. The van der Waals surface area contributed by atoms with E-state index in [4.69, 9.17) is 0 Å². The molecule has 3 unspecified atom stereocenters. The van der Waals surface area contributed by atoms with Gasteiger partial charge in [-0.25, -0.2) is 0 Å². The van der Waals surface area contributed by atoms with Gasteiger partial charge in [0, 0.05) is 31.2 Å². The van der Waals surface area contributed by atoms with E-state index in [1.807, 2.05) is 0 Å². The second kappa shape index (κ2) is 4.30. The fourth-order valence-corrected chi connectivity index (χ4v) is 3.31. The van der Waals surface area contributed by atoms with Gasteiger partial charge in [-0.3, -0.25) is 4.90 Å². The van der Waals surface area contributed by atoms with Crippen LogP contribution in [0.2, 0.25) is 0 Å². The smallest absolute Gasteiger partial charge is 0.0224 e. The highest BCUT2D eigenvalue weighted by atomic mass is 15.3. The molecule has 3 atom stereocenters. The number of piperazine rings is 1. The fraction of sp³-hybridized carbons (Fsp3) is 1.00. The summed E-state index contributed by atoms with van der Waals surface area (Å²) >= 11 is 0. The lowest BCUT2D eigenvalue weighted by atomic mass is 10.0. The molecule has 1 N–H and O–H groups in total. The van der Waals surface area contributed by atoms with Gasteiger partial charge in [-0.05, 0) is 44.9 Å². The lowest BCUT2D eigenvalue weighted by Crippen LogP contribution is -2.58. The fourth-order valence-electron chi connectivity index (χ4n) is 3.31. The lowest BCUT2D eigenvalue weighted by molar-refractivity contribution is 0.0857. The Labute approximate surface area is 99.8 Å². The van der Waals surface area contributed by atoms with E-state index in [1.165, 1.54) is 45.2 Å². The molecule has 0 radical (unpaired) electrons.